The number of nitrogens with one attached hydrogen (secondary N) is 1. The van der Waals surface area contributed by atoms with Crippen molar-refractivity contribution in [1.29, 1.82) is 0 Å². The molecule has 0 saturated carbocycles. The molecule has 27 heavy (non-hydrogen) atoms. The van der Waals surface area contributed by atoms with Crippen LogP contribution in [-0.2, 0) is 12.8 Å². The van der Waals surface area contributed by atoms with Crippen molar-refractivity contribution in [3.8, 4) is 11.5 Å². The Bertz CT molecular complexity index is 863. The molecule has 1 aromatic carbocycles. The monoisotopic (exact) mass is 369 g/mol. The standard InChI is InChI=1S/C20H23N3O4/c24-20(19-15-5-1-2-6-16(15)27-22-19)23-9-3-4-14(11-23)21-13-7-8-17-18(10-13)26-12-25-17/h7-8,10,14,21H,1-6,9,11-12H2. The van der Waals surface area contributed by atoms with E-state index in [2.05, 4.69) is 10.5 Å². The van der Waals surface area contributed by atoms with Gasteiger partial charge in [-0.15, -0.1) is 0 Å². The fourth-order valence-corrected chi connectivity index (χ4v) is 4.20. The molecule has 7 nitrogen and oxygen atoms in total. The number of benzene rings is 1. The molecule has 5 rings (SSSR count). The van der Waals surface area contributed by atoms with E-state index in [1.165, 1.54) is 0 Å². The molecule has 0 radical (unpaired) electrons. The summed E-state index contributed by atoms with van der Waals surface area (Å²) in [7, 11) is 0. The van der Waals surface area contributed by atoms with E-state index in [-0.39, 0.29) is 18.7 Å². The third-order valence-electron chi connectivity index (χ3n) is 5.60. The second-order valence-electron chi connectivity index (χ2n) is 7.44. The Kier molecular flexibility index (Phi) is 4.14. The normalized spacial score (nSPS) is 21.0. The Balaban J connectivity index is 1.28. The van der Waals surface area contributed by atoms with Crippen LogP contribution in [0, 0.1) is 0 Å². The molecular formula is C20H23N3O4. The van der Waals surface area contributed by atoms with Gasteiger partial charge in [0, 0.05) is 42.9 Å². The summed E-state index contributed by atoms with van der Waals surface area (Å²) in [5, 5.41) is 7.63. The zero-order valence-electron chi connectivity index (χ0n) is 15.2. The molecule has 7 heteroatoms. The maximum atomic E-state index is 13.0. The number of hydrogen-bond donors (Lipinski definition) is 1. The Morgan fingerprint density at radius 1 is 1.15 bits per heavy atom. The van der Waals surface area contributed by atoms with Gasteiger partial charge in [-0.1, -0.05) is 5.16 Å². The lowest BCUT2D eigenvalue weighted by Crippen LogP contribution is -2.45. The predicted octanol–water partition coefficient (Wildman–Crippen LogP) is 3.00. The number of likely N-dealkylation sites (tertiary alicyclic amines) is 1. The highest BCUT2D eigenvalue weighted by molar-refractivity contribution is 5.94. The summed E-state index contributed by atoms with van der Waals surface area (Å²) in [5.74, 6) is 2.44. The molecule has 2 aromatic rings. The Hall–Kier alpha value is -2.70. The molecule has 3 heterocycles. The van der Waals surface area contributed by atoms with E-state index in [0.29, 0.717) is 12.2 Å². The van der Waals surface area contributed by atoms with Crippen molar-refractivity contribution in [3.05, 3.63) is 35.2 Å². The van der Waals surface area contributed by atoms with Crippen LogP contribution in [0.15, 0.2) is 22.7 Å². The fourth-order valence-electron chi connectivity index (χ4n) is 4.20. The zero-order chi connectivity index (χ0) is 18.2. The number of ether oxygens (including phenoxy) is 2. The summed E-state index contributed by atoms with van der Waals surface area (Å²) in [6, 6.07) is 6.06. The number of amides is 1. The van der Waals surface area contributed by atoms with Gasteiger partial charge in [0.25, 0.3) is 5.91 Å². The van der Waals surface area contributed by atoms with Crippen LogP contribution in [0.2, 0.25) is 0 Å². The van der Waals surface area contributed by atoms with Crippen molar-refractivity contribution in [2.45, 2.75) is 44.6 Å². The number of carbonyl (C=O) groups is 1. The number of nitrogens with zero attached hydrogens (tertiary/aromatic N) is 2. The molecule has 1 fully saturated rings. The van der Waals surface area contributed by atoms with E-state index in [4.69, 9.17) is 14.0 Å². The Morgan fingerprint density at radius 3 is 3.00 bits per heavy atom. The lowest BCUT2D eigenvalue weighted by molar-refractivity contribution is 0.0703. The summed E-state index contributed by atoms with van der Waals surface area (Å²) in [5.41, 5.74) is 2.53. The van der Waals surface area contributed by atoms with Crippen LogP contribution in [0.1, 0.15) is 47.5 Å². The minimum atomic E-state index is -0.000846. The van der Waals surface area contributed by atoms with Gasteiger partial charge in [-0.3, -0.25) is 4.79 Å². The Morgan fingerprint density at radius 2 is 2.04 bits per heavy atom. The van der Waals surface area contributed by atoms with Gasteiger partial charge in [0.2, 0.25) is 6.79 Å². The molecule has 3 aliphatic rings. The van der Waals surface area contributed by atoms with E-state index < -0.39 is 0 Å². The van der Waals surface area contributed by atoms with Crippen molar-refractivity contribution >= 4 is 11.6 Å². The van der Waals surface area contributed by atoms with Crippen LogP contribution in [0.5, 0.6) is 11.5 Å². The summed E-state index contributed by atoms with van der Waals surface area (Å²) < 4.78 is 16.2. The number of fused-ring (bicyclic) bond motifs is 2. The molecule has 142 valence electrons. The maximum Gasteiger partial charge on any atom is 0.276 e. The molecule has 1 N–H and O–H groups in total. The summed E-state index contributed by atoms with van der Waals surface area (Å²) >= 11 is 0. The average Bonchev–Trinajstić information content (AvgIpc) is 3.34. The second-order valence-corrected chi connectivity index (χ2v) is 7.44. The van der Waals surface area contributed by atoms with Gasteiger partial charge in [0.1, 0.15) is 5.76 Å². The number of anilines is 1. The highest BCUT2D eigenvalue weighted by atomic mass is 16.7. The van der Waals surface area contributed by atoms with Gasteiger partial charge in [0.05, 0.1) is 0 Å². The third kappa shape index (κ3) is 3.11. The number of piperidine rings is 1. The van der Waals surface area contributed by atoms with Crippen molar-refractivity contribution < 1.29 is 18.8 Å². The zero-order valence-corrected chi connectivity index (χ0v) is 15.2. The van der Waals surface area contributed by atoms with Crippen molar-refractivity contribution in [2.75, 3.05) is 25.2 Å². The number of aryl methyl sites for hydroxylation is 1. The molecule has 1 unspecified atom stereocenters. The minimum Gasteiger partial charge on any atom is -0.454 e. The summed E-state index contributed by atoms with van der Waals surface area (Å²) in [4.78, 5) is 14.9. The van der Waals surface area contributed by atoms with Gasteiger partial charge >= 0.3 is 0 Å². The maximum absolute atomic E-state index is 13.0. The first-order chi connectivity index (χ1) is 13.3. The number of carbonyl (C=O) groups excluding carboxylic acids is 1. The van der Waals surface area contributed by atoms with Gasteiger partial charge in [-0.2, -0.15) is 0 Å². The number of rotatable bonds is 3. The quantitative estimate of drug-likeness (QED) is 0.896. The van der Waals surface area contributed by atoms with Crippen LogP contribution in [-0.4, -0.2) is 41.9 Å². The average molecular weight is 369 g/mol. The van der Waals surface area contributed by atoms with Gasteiger partial charge < -0.3 is 24.2 Å². The Labute approximate surface area is 157 Å². The van der Waals surface area contributed by atoms with Gasteiger partial charge in [-0.25, -0.2) is 0 Å². The van der Waals surface area contributed by atoms with E-state index >= 15 is 0 Å². The number of aromatic nitrogens is 1. The van der Waals surface area contributed by atoms with Crippen molar-refractivity contribution in [3.63, 3.8) is 0 Å². The smallest absolute Gasteiger partial charge is 0.276 e. The minimum absolute atomic E-state index is 0.000846. The first-order valence-electron chi connectivity index (χ1n) is 9.71. The molecule has 0 spiro atoms. The topological polar surface area (TPSA) is 76.8 Å². The first-order valence-corrected chi connectivity index (χ1v) is 9.71. The van der Waals surface area contributed by atoms with E-state index in [1.807, 2.05) is 23.1 Å². The highest BCUT2D eigenvalue weighted by Gasteiger charge is 2.30. The van der Waals surface area contributed by atoms with Crippen LogP contribution >= 0.6 is 0 Å². The molecular weight excluding hydrogens is 346 g/mol. The SMILES string of the molecule is O=C(c1noc2c1CCCC2)N1CCCC(Nc2ccc3c(c2)OCO3)C1. The van der Waals surface area contributed by atoms with E-state index in [0.717, 1.165) is 73.6 Å². The summed E-state index contributed by atoms with van der Waals surface area (Å²) in [6.07, 6.45) is 5.99. The lowest BCUT2D eigenvalue weighted by Gasteiger charge is -2.33. The largest absolute Gasteiger partial charge is 0.454 e. The molecule has 2 aliphatic heterocycles. The second kappa shape index (κ2) is 6.79. The molecule has 1 aliphatic carbocycles. The number of hydrogen-bond acceptors (Lipinski definition) is 6. The molecule has 1 atom stereocenters. The molecule has 1 saturated heterocycles. The molecule has 1 amide bonds. The van der Waals surface area contributed by atoms with E-state index in [9.17, 15) is 4.79 Å². The van der Waals surface area contributed by atoms with Crippen LogP contribution < -0.4 is 14.8 Å². The van der Waals surface area contributed by atoms with Gasteiger partial charge in [0.15, 0.2) is 17.2 Å². The fraction of sp³-hybridized carbons (Fsp3) is 0.500. The lowest BCUT2D eigenvalue weighted by atomic mass is 9.95. The predicted molar refractivity (Wildman–Crippen MR) is 98.3 cm³/mol. The van der Waals surface area contributed by atoms with E-state index in [1.54, 1.807) is 0 Å². The molecule has 0 bridgehead atoms. The summed E-state index contributed by atoms with van der Waals surface area (Å²) in [6.45, 7) is 1.70. The van der Waals surface area contributed by atoms with Crippen molar-refractivity contribution in [2.24, 2.45) is 0 Å². The van der Waals surface area contributed by atoms with Crippen LogP contribution in [0.3, 0.4) is 0 Å². The highest BCUT2D eigenvalue weighted by Crippen LogP contribution is 2.34. The van der Waals surface area contributed by atoms with Crippen LogP contribution in [0.4, 0.5) is 5.69 Å². The first kappa shape index (κ1) is 16.5. The van der Waals surface area contributed by atoms with Gasteiger partial charge in [-0.05, 0) is 44.2 Å². The van der Waals surface area contributed by atoms with Crippen molar-refractivity contribution in [1.82, 2.24) is 10.1 Å². The third-order valence-corrected chi connectivity index (χ3v) is 5.60. The van der Waals surface area contributed by atoms with Crippen LogP contribution in [0.25, 0.3) is 0 Å². The molecule has 1 aromatic heterocycles.